The van der Waals surface area contributed by atoms with Crippen LogP contribution in [0.4, 0.5) is 13.2 Å². The number of hydrogen-bond donors (Lipinski definition) is 1. The van der Waals surface area contributed by atoms with Crippen molar-refractivity contribution in [1.29, 1.82) is 0 Å². The zero-order valence-corrected chi connectivity index (χ0v) is 24.6. The van der Waals surface area contributed by atoms with E-state index in [1.165, 1.54) is 32.1 Å². The standard InChI is InChI=1S/C30H40ClF3N6O2/c31-24-8-6-22(7-9-24)18-26(37-25-10-14-39(15-11-25)28(42)30(32,33)34)27(41)38-16-12-29(13-17-38,19-40-21-35-20-36-40)23-4-2-1-3-5-23/h6-9,20-21,23,25-26,37H,1-5,10-19H2/t26-/m1/s1. The highest BCUT2D eigenvalue weighted by Gasteiger charge is 2.45. The summed E-state index contributed by atoms with van der Waals surface area (Å²) >= 11 is 6.09. The van der Waals surface area contributed by atoms with Crippen LogP contribution in [0.15, 0.2) is 36.9 Å². The van der Waals surface area contributed by atoms with Crippen LogP contribution in [-0.2, 0) is 22.6 Å². The van der Waals surface area contributed by atoms with Gasteiger partial charge in [-0.05, 0) is 74.0 Å². The molecule has 42 heavy (non-hydrogen) atoms. The highest BCUT2D eigenvalue weighted by molar-refractivity contribution is 6.30. The Morgan fingerprint density at radius 3 is 2.24 bits per heavy atom. The number of piperidine rings is 2. The normalized spacial score (nSPS) is 21.3. The maximum atomic E-state index is 14.0. The monoisotopic (exact) mass is 608 g/mol. The Hall–Kier alpha value is -2.66. The molecule has 1 aliphatic carbocycles. The maximum absolute atomic E-state index is 14.0. The fourth-order valence-electron chi connectivity index (χ4n) is 7.23. The summed E-state index contributed by atoms with van der Waals surface area (Å²) in [6.07, 6.45) is 7.61. The van der Waals surface area contributed by atoms with E-state index in [1.807, 2.05) is 21.7 Å². The van der Waals surface area contributed by atoms with Gasteiger partial charge in [-0.25, -0.2) is 4.98 Å². The summed E-state index contributed by atoms with van der Waals surface area (Å²) in [4.78, 5) is 32.7. The van der Waals surface area contributed by atoms with Gasteiger partial charge in [0.05, 0.1) is 6.04 Å². The number of likely N-dealkylation sites (tertiary alicyclic amines) is 2. The van der Waals surface area contributed by atoms with Crippen molar-refractivity contribution >= 4 is 23.4 Å². The first-order valence-corrected chi connectivity index (χ1v) is 15.5. The van der Waals surface area contributed by atoms with Gasteiger partial charge in [-0.2, -0.15) is 18.3 Å². The molecule has 12 heteroatoms. The number of carbonyl (C=O) groups excluding carboxylic acids is 2. The predicted molar refractivity (Wildman–Crippen MR) is 153 cm³/mol. The highest BCUT2D eigenvalue weighted by Crippen LogP contribution is 2.47. The molecule has 1 aromatic heterocycles. The summed E-state index contributed by atoms with van der Waals surface area (Å²) in [6, 6.07) is 6.70. The molecule has 1 aromatic carbocycles. The lowest BCUT2D eigenvalue weighted by Crippen LogP contribution is -2.57. The van der Waals surface area contributed by atoms with E-state index in [1.54, 1.807) is 24.8 Å². The molecule has 8 nitrogen and oxygen atoms in total. The van der Waals surface area contributed by atoms with Gasteiger partial charge in [-0.1, -0.05) is 43.0 Å². The van der Waals surface area contributed by atoms with Gasteiger partial charge in [-0.3, -0.25) is 14.3 Å². The van der Waals surface area contributed by atoms with E-state index in [9.17, 15) is 22.8 Å². The zero-order chi connectivity index (χ0) is 29.7. The third-order valence-corrected chi connectivity index (χ3v) is 9.85. The minimum absolute atomic E-state index is 0.00771. The maximum Gasteiger partial charge on any atom is 0.471 e. The van der Waals surface area contributed by atoms with Gasteiger partial charge in [0, 0.05) is 43.8 Å². The topological polar surface area (TPSA) is 83.4 Å². The van der Waals surface area contributed by atoms with Crippen LogP contribution in [-0.4, -0.2) is 80.8 Å². The summed E-state index contributed by atoms with van der Waals surface area (Å²) in [7, 11) is 0. The van der Waals surface area contributed by atoms with Crippen molar-refractivity contribution in [1.82, 2.24) is 29.9 Å². The van der Waals surface area contributed by atoms with Gasteiger partial charge in [0.25, 0.3) is 0 Å². The summed E-state index contributed by atoms with van der Waals surface area (Å²) in [5, 5.41) is 8.48. The van der Waals surface area contributed by atoms with Crippen LogP contribution in [0.5, 0.6) is 0 Å². The molecular formula is C30H40ClF3N6O2. The van der Waals surface area contributed by atoms with Gasteiger partial charge in [-0.15, -0.1) is 0 Å². The molecule has 0 bridgehead atoms. The first kappa shape index (κ1) is 30.8. The van der Waals surface area contributed by atoms with Crippen molar-refractivity contribution in [2.75, 3.05) is 26.2 Å². The number of carbonyl (C=O) groups is 2. The first-order valence-electron chi connectivity index (χ1n) is 15.1. The average molecular weight is 609 g/mol. The SMILES string of the molecule is O=C([C@@H](Cc1ccc(Cl)cc1)NC1CCN(C(=O)C(F)(F)F)CC1)N1CCC(Cn2cncn2)(C2CCCCC2)CC1. The number of rotatable bonds is 8. The van der Waals surface area contributed by atoms with Gasteiger partial charge in [0.15, 0.2) is 0 Å². The second kappa shape index (κ2) is 13.3. The van der Waals surface area contributed by atoms with E-state index in [0.29, 0.717) is 43.3 Å². The molecule has 0 radical (unpaired) electrons. The third kappa shape index (κ3) is 7.45. The molecular weight excluding hydrogens is 569 g/mol. The molecule has 0 spiro atoms. The van der Waals surface area contributed by atoms with Crippen molar-refractivity contribution < 1.29 is 22.8 Å². The van der Waals surface area contributed by atoms with E-state index in [4.69, 9.17) is 11.6 Å². The van der Waals surface area contributed by atoms with Crippen LogP contribution < -0.4 is 5.32 Å². The van der Waals surface area contributed by atoms with Crippen LogP contribution in [0.2, 0.25) is 5.02 Å². The Labute approximate surface area is 250 Å². The lowest BCUT2D eigenvalue weighted by atomic mass is 9.63. The number of alkyl halides is 3. The minimum Gasteiger partial charge on any atom is -0.341 e. The zero-order valence-electron chi connectivity index (χ0n) is 23.9. The fraction of sp³-hybridized carbons (Fsp3) is 0.667. The molecule has 2 aliphatic heterocycles. The molecule has 1 N–H and O–H groups in total. The Morgan fingerprint density at radius 1 is 0.976 bits per heavy atom. The number of nitrogens with zero attached hydrogens (tertiary/aromatic N) is 5. The smallest absolute Gasteiger partial charge is 0.341 e. The molecule has 1 saturated carbocycles. The van der Waals surface area contributed by atoms with E-state index in [0.717, 1.165) is 29.8 Å². The highest BCUT2D eigenvalue weighted by atomic mass is 35.5. The minimum atomic E-state index is -4.87. The van der Waals surface area contributed by atoms with Crippen molar-refractivity contribution in [2.45, 2.75) is 89.0 Å². The first-order chi connectivity index (χ1) is 20.1. The van der Waals surface area contributed by atoms with E-state index < -0.39 is 18.1 Å². The lowest BCUT2D eigenvalue weighted by Gasteiger charge is -2.48. The predicted octanol–water partition coefficient (Wildman–Crippen LogP) is 4.87. The van der Waals surface area contributed by atoms with Crippen molar-refractivity contribution in [3.8, 4) is 0 Å². The largest absolute Gasteiger partial charge is 0.471 e. The molecule has 1 atom stereocenters. The Morgan fingerprint density at radius 2 is 1.64 bits per heavy atom. The number of nitrogens with one attached hydrogen (secondary N) is 1. The van der Waals surface area contributed by atoms with Gasteiger partial charge < -0.3 is 15.1 Å². The average Bonchev–Trinajstić information content (AvgIpc) is 3.51. The molecule has 2 aromatic rings. The van der Waals surface area contributed by atoms with Crippen LogP contribution in [0.3, 0.4) is 0 Å². The van der Waals surface area contributed by atoms with E-state index in [-0.39, 0.29) is 30.5 Å². The van der Waals surface area contributed by atoms with Crippen molar-refractivity contribution in [2.24, 2.45) is 11.3 Å². The second-order valence-corrected chi connectivity index (χ2v) is 12.7. The Kier molecular flexibility index (Phi) is 9.77. The Balaban J connectivity index is 1.26. The molecule has 3 aliphatic rings. The molecule has 2 saturated heterocycles. The summed E-state index contributed by atoms with van der Waals surface area (Å²) in [6.45, 7) is 2.13. The summed E-state index contributed by atoms with van der Waals surface area (Å²) in [5.41, 5.74) is 1.02. The molecule has 3 heterocycles. The van der Waals surface area contributed by atoms with Crippen LogP contribution in [0.25, 0.3) is 0 Å². The van der Waals surface area contributed by atoms with Gasteiger partial charge in [0.1, 0.15) is 12.7 Å². The number of amides is 2. The van der Waals surface area contributed by atoms with E-state index in [2.05, 4.69) is 15.4 Å². The Bertz CT molecular complexity index is 1170. The molecule has 2 amide bonds. The molecule has 0 unspecified atom stereocenters. The molecule has 5 rings (SSSR count). The van der Waals surface area contributed by atoms with Crippen molar-refractivity contribution in [3.05, 3.63) is 47.5 Å². The quantitative estimate of drug-likeness (QED) is 0.462. The van der Waals surface area contributed by atoms with E-state index >= 15 is 0 Å². The van der Waals surface area contributed by atoms with Crippen LogP contribution in [0.1, 0.15) is 63.4 Å². The second-order valence-electron chi connectivity index (χ2n) is 12.2. The fourth-order valence-corrected chi connectivity index (χ4v) is 7.35. The molecule has 3 fully saturated rings. The third-order valence-electron chi connectivity index (χ3n) is 9.60. The van der Waals surface area contributed by atoms with Crippen LogP contribution in [0, 0.1) is 11.3 Å². The number of halogens is 4. The van der Waals surface area contributed by atoms with Crippen molar-refractivity contribution in [3.63, 3.8) is 0 Å². The lowest BCUT2D eigenvalue weighted by molar-refractivity contribution is -0.186. The summed E-state index contributed by atoms with van der Waals surface area (Å²) in [5.74, 6) is -1.19. The number of hydrogen-bond acceptors (Lipinski definition) is 5. The number of aromatic nitrogens is 3. The van der Waals surface area contributed by atoms with Crippen LogP contribution >= 0.6 is 11.6 Å². The number of benzene rings is 1. The van der Waals surface area contributed by atoms with Gasteiger partial charge >= 0.3 is 12.1 Å². The summed E-state index contributed by atoms with van der Waals surface area (Å²) < 4.78 is 40.7. The molecule has 230 valence electrons. The van der Waals surface area contributed by atoms with Gasteiger partial charge in [0.2, 0.25) is 5.91 Å².